The Kier molecular flexibility index (Phi) is 5.39. The highest BCUT2D eigenvalue weighted by molar-refractivity contribution is 5.69. The average Bonchev–Trinajstić information content (AvgIpc) is 3.21. The molecule has 0 unspecified atom stereocenters. The normalized spacial score (nSPS) is 16.6. The minimum atomic E-state index is -0.344. The zero-order chi connectivity index (χ0) is 19.5. The van der Waals surface area contributed by atoms with E-state index in [1.807, 2.05) is 18.2 Å². The van der Waals surface area contributed by atoms with Crippen LogP contribution in [0, 0.1) is 5.82 Å². The summed E-state index contributed by atoms with van der Waals surface area (Å²) in [6, 6.07) is 10.7. The van der Waals surface area contributed by atoms with Gasteiger partial charge in [-0.15, -0.1) is 0 Å². The fourth-order valence-electron chi connectivity index (χ4n) is 3.74. The van der Waals surface area contributed by atoms with Gasteiger partial charge in [0.25, 0.3) is 5.56 Å². The summed E-state index contributed by atoms with van der Waals surface area (Å²) >= 11 is 0. The first-order valence-electron chi connectivity index (χ1n) is 9.95. The quantitative estimate of drug-likeness (QED) is 0.686. The Hall–Kier alpha value is -2.73. The second-order valence-electron chi connectivity index (χ2n) is 7.30. The average molecular weight is 380 g/mol. The van der Waals surface area contributed by atoms with Crippen LogP contribution in [0.4, 0.5) is 10.1 Å². The molecule has 0 aliphatic carbocycles. The van der Waals surface area contributed by atoms with Gasteiger partial charge < -0.3 is 10.6 Å². The fraction of sp³-hybridized carbons (Fsp3) is 0.364. The number of nitrogens with zero attached hydrogens (tertiary/aromatic N) is 2. The first-order valence-corrected chi connectivity index (χ1v) is 9.95. The van der Waals surface area contributed by atoms with Crippen molar-refractivity contribution in [2.75, 3.05) is 18.4 Å². The molecule has 3 aromatic rings. The van der Waals surface area contributed by atoms with E-state index >= 15 is 0 Å². The van der Waals surface area contributed by atoms with Crippen LogP contribution >= 0.6 is 0 Å². The summed E-state index contributed by atoms with van der Waals surface area (Å²) in [6.45, 7) is 3.88. The topological polar surface area (TPSA) is 58.4 Å². The third kappa shape index (κ3) is 3.64. The van der Waals surface area contributed by atoms with Crippen molar-refractivity contribution in [2.24, 2.45) is 0 Å². The number of hydrogen-bond acceptors (Lipinski definition) is 4. The Balaban J connectivity index is 1.77. The highest BCUT2D eigenvalue weighted by Gasteiger charge is 2.18. The van der Waals surface area contributed by atoms with Gasteiger partial charge in [-0.1, -0.05) is 25.5 Å². The second-order valence-corrected chi connectivity index (χ2v) is 7.30. The zero-order valence-corrected chi connectivity index (χ0v) is 16.0. The van der Waals surface area contributed by atoms with Crippen molar-refractivity contribution in [1.82, 2.24) is 14.7 Å². The number of anilines is 1. The van der Waals surface area contributed by atoms with Gasteiger partial charge in [0.05, 0.1) is 16.9 Å². The maximum Gasteiger partial charge on any atom is 0.265 e. The van der Waals surface area contributed by atoms with E-state index in [4.69, 9.17) is 4.98 Å². The number of pyridine rings is 1. The van der Waals surface area contributed by atoms with Crippen LogP contribution in [0.1, 0.15) is 31.9 Å². The monoisotopic (exact) mass is 380 g/mol. The molecule has 0 saturated carbocycles. The molecule has 0 bridgehead atoms. The molecule has 1 aliphatic rings. The van der Waals surface area contributed by atoms with Gasteiger partial charge in [0.15, 0.2) is 0 Å². The Morgan fingerprint density at radius 1 is 1.32 bits per heavy atom. The molecule has 0 spiro atoms. The van der Waals surface area contributed by atoms with Crippen LogP contribution < -0.4 is 16.2 Å². The minimum absolute atomic E-state index is 0.156. The Bertz CT molecular complexity index is 1040. The summed E-state index contributed by atoms with van der Waals surface area (Å²) in [5.74, 6) is -0.344. The van der Waals surface area contributed by atoms with Crippen LogP contribution in [0.2, 0.25) is 0 Å². The van der Waals surface area contributed by atoms with Crippen LogP contribution in [0.3, 0.4) is 0 Å². The van der Waals surface area contributed by atoms with Gasteiger partial charge in [0, 0.05) is 18.8 Å². The summed E-state index contributed by atoms with van der Waals surface area (Å²) in [5, 5.41) is 6.51. The zero-order valence-electron chi connectivity index (χ0n) is 16.0. The highest BCUT2D eigenvalue weighted by atomic mass is 19.1. The summed E-state index contributed by atoms with van der Waals surface area (Å²) in [4.78, 5) is 17.9. The second kappa shape index (κ2) is 8.10. The first kappa shape index (κ1) is 18.6. The largest absolute Gasteiger partial charge is 0.379 e. The van der Waals surface area contributed by atoms with Crippen LogP contribution in [0.15, 0.2) is 47.4 Å². The molecular weight excluding hydrogens is 355 g/mol. The lowest BCUT2D eigenvalue weighted by molar-refractivity contribution is 0.626. The molecule has 146 valence electrons. The Morgan fingerprint density at radius 3 is 2.96 bits per heavy atom. The standard InChI is InChI=1S/C22H25FN4O/c1-2-3-6-19-21(22(28)27-12-5-4-7-20(27)26-19)15-8-9-18(17(23)13-15)25-16-10-11-24-14-16/h4-5,7-9,12-13,16,24-25H,2-3,6,10-11,14H2,1H3/t16-/m1/s1. The molecule has 5 nitrogen and oxygen atoms in total. The van der Waals surface area contributed by atoms with E-state index < -0.39 is 0 Å². The van der Waals surface area contributed by atoms with E-state index in [9.17, 15) is 9.18 Å². The van der Waals surface area contributed by atoms with Gasteiger partial charge in [0.1, 0.15) is 11.5 Å². The van der Waals surface area contributed by atoms with Crippen LogP contribution in [0.5, 0.6) is 0 Å². The lowest BCUT2D eigenvalue weighted by Crippen LogP contribution is -2.23. The van der Waals surface area contributed by atoms with Crippen LogP contribution in [-0.2, 0) is 6.42 Å². The molecule has 6 heteroatoms. The van der Waals surface area contributed by atoms with E-state index in [-0.39, 0.29) is 17.4 Å². The number of hydrogen-bond donors (Lipinski definition) is 2. The third-order valence-corrected chi connectivity index (χ3v) is 5.25. The number of nitrogens with one attached hydrogen (secondary N) is 2. The fourth-order valence-corrected chi connectivity index (χ4v) is 3.74. The van der Waals surface area contributed by atoms with Gasteiger partial charge in [-0.2, -0.15) is 0 Å². The Morgan fingerprint density at radius 2 is 2.21 bits per heavy atom. The molecule has 1 saturated heterocycles. The molecule has 2 N–H and O–H groups in total. The van der Waals surface area contributed by atoms with Crippen molar-refractivity contribution < 1.29 is 4.39 Å². The number of halogens is 1. The van der Waals surface area contributed by atoms with Crippen LogP contribution in [0.25, 0.3) is 16.8 Å². The molecule has 0 amide bonds. The maximum absolute atomic E-state index is 14.8. The van der Waals surface area contributed by atoms with Crippen LogP contribution in [-0.4, -0.2) is 28.5 Å². The molecule has 1 atom stereocenters. The van der Waals surface area contributed by atoms with Crippen molar-refractivity contribution in [2.45, 2.75) is 38.6 Å². The summed E-state index contributed by atoms with van der Waals surface area (Å²) in [6.07, 6.45) is 5.30. The van der Waals surface area contributed by atoms with Crippen molar-refractivity contribution >= 4 is 11.3 Å². The number of rotatable bonds is 6. The summed E-state index contributed by atoms with van der Waals surface area (Å²) < 4.78 is 16.3. The molecule has 1 fully saturated rings. The molecule has 4 rings (SSSR count). The SMILES string of the molecule is CCCCc1nc2ccccn2c(=O)c1-c1ccc(N[C@@H]2CCNC2)c(F)c1. The molecule has 1 aromatic carbocycles. The number of aromatic nitrogens is 2. The smallest absolute Gasteiger partial charge is 0.265 e. The van der Waals surface area contributed by atoms with E-state index in [2.05, 4.69) is 17.6 Å². The van der Waals surface area contributed by atoms with Crippen molar-refractivity contribution in [3.8, 4) is 11.1 Å². The predicted octanol–water partition coefficient (Wildman–Crippen LogP) is 3.62. The first-order chi connectivity index (χ1) is 13.7. The Labute approximate surface area is 163 Å². The van der Waals surface area contributed by atoms with E-state index in [1.54, 1.807) is 18.3 Å². The molecule has 1 aliphatic heterocycles. The number of fused-ring (bicyclic) bond motifs is 1. The van der Waals surface area contributed by atoms with Gasteiger partial charge in [-0.25, -0.2) is 9.37 Å². The van der Waals surface area contributed by atoms with Crippen molar-refractivity contribution in [3.63, 3.8) is 0 Å². The maximum atomic E-state index is 14.8. The van der Waals surface area contributed by atoms with Crippen molar-refractivity contribution in [3.05, 3.63) is 64.5 Å². The minimum Gasteiger partial charge on any atom is -0.379 e. The van der Waals surface area contributed by atoms with Gasteiger partial charge in [-0.3, -0.25) is 9.20 Å². The summed E-state index contributed by atoms with van der Waals surface area (Å²) in [7, 11) is 0. The molecule has 2 aromatic heterocycles. The van der Waals surface area contributed by atoms with Gasteiger partial charge in [-0.05, 0) is 55.6 Å². The molecule has 3 heterocycles. The van der Waals surface area contributed by atoms with Crippen molar-refractivity contribution in [1.29, 1.82) is 0 Å². The van der Waals surface area contributed by atoms with Gasteiger partial charge >= 0.3 is 0 Å². The molecular formula is C22H25FN4O. The predicted molar refractivity (Wildman–Crippen MR) is 110 cm³/mol. The lowest BCUT2D eigenvalue weighted by atomic mass is 10.0. The van der Waals surface area contributed by atoms with E-state index in [1.165, 1.54) is 10.5 Å². The van der Waals surface area contributed by atoms with Gasteiger partial charge in [0.2, 0.25) is 0 Å². The highest BCUT2D eigenvalue weighted by Crippen LogP contribution is 2.26. The third-order valence-electron chi connectivity index (χ3n) is 5.25. The number of aryl methyl sites for hydroxylation is 1. The number of benzene rings is 1. The number of unbranched alkanes of at least 4 members (excludes halogenated alkanes) is 1. The van der Waals surface area contributed by atoms with E-state index in [0.717, 1.165) is 38.0 Å². The summed E-state index contributed by atoms with van der Waals surface area (Å²) in [5.41, 5.74) is 2.74. The molecule has 0 radical (unpaired) electrons. The van der Waals surface area contributed by atoms with E-state index in [0.29, 0.717) is 28.9 Å². The lowest BCUT2D eigenvalue weighted by Gasteiger charge is -2.15. The molecule has 28 heavy (non-hydrogen) atoms.